The van der Waals surface area contributed by atoms with E-state index >= 15 is 0 Å². The highest BCUT2D eigenvalue weighted by Crippen LogP contribution is 2.19. The third kappa shape index (κ3) is 4.95. The van der Waals surface area contributed by atoms with Gasteiger partial charge in [0, 0.05) is 44.8 Å². The molecule has 2 aromatic carbocycles. The Morgan fingerprint density at radius 3 is 2.00 bits per heavy atom. The van der Waals surface area contributed by atoms with Crippen LogP contribution in [0.4, 0.5) is 0 Å². The molecule has 0 spiro atoms. The molecule has 162 valence electrons. The maximum absolute atomic E-state index is 12.7. The van der Waals surface area contributed by atoms with E-state index in [1.54, 1.807) is 9.80 Å². The number of hydrogen-bond donors (Lipinski definition) is 0. The van der Waals surface area contributed by atoms with Gasteiger partial charge in [0.15, 0.2) is 0 Å². The zero-order valence-electron chi connectivity index (χ0n) is 18.0. The smallest absolute Gasteiger partial charge is 0.312 e. The molecule has 0 aromatic heterocycles. The van der Waals surface area contributed by atoms with Gasteiger partial charge in [0.1, 0.15) is 0 Å². The zero-order chi connectivity index (χ0) is 21.8. The molecule has 2 heterocycles. The van der Waals surface area contributed by atoms with E-state index in [0.29, 0.717) is 37.7 Å². The molecule has 0 unspecified atom stereocenters. The van der Waals surface area contributed by atoms with Crippen LogP contribution in [0.1, 0.15) is 41.3 Å². The Morgan fingerprint density at radius 1 is 0.839 bits per heavy atom. The predicted molar refractivity (Wildman–Crippen MR) is 118 cm³/mol. The van der Waals surface area contributed by atoms with Crippen molar-refractivity contribution in [1.82, 2.24) is 14.7 Å². The maximum atomic E-state index is 12.7. The van der Waals surface area contributed by atoms with E-state index in [4.69, 9.17) is 0 Å². The summed E-state index contributed by atoms with van der Waals surface area (Å²) in [5.41, 5.74) is 2.61. The highest BCUT2D eigenvalue weighted by molar-refractivity contribution is 6.35. The van der Waals surface area contributed by atoms with Crippen LogP contribution in [0.15, 0.2) is 54.6 Å². The summed E-state index contributed by atoms with van der Waals surface area (Å²) in [5, 5.41) is 0. The lowest BCUT2D eigenvalue weighted by Gasteiger charge is -2.34. The average molecular weight is 420 g/mol. The molecule has 0 saturated carbocycles. The quantitative estimate of drug-likeness (QED) is 0.700. The minimum Gasteiger partial charge on any atom is -0.338 e. The van der Waals surface area contributed by atoms with Gasteiger partial charge >= 0.3 is 11.8 Å². The van der Waals surface area contributed by atoms with Gasteiger partial charge in [-0.2, -0.15) is 0 Å². The van der Waals surface area contributed by atoms with Crippen LogP contribution in [0.25, 0.3) is 0 Å². The summed E-state index contributed by atoms with van der Waals surface area (Å²) in [7, 11) is 0. The van der Waals surface area contributed by atoms with E-state index in [1.807, 2.05) is 59.5 Å². The lowest BCUT2D eigenvalue weighted by molar-refractivity contribution is -0.156. The first-order valence-corrected chi connectivity index (χ1v) is 11.0. The van der Waals surface area contributed by atoms with Crippen molar-refractivity contribution in [3.05, 3.63) is 71.3 Å². The first-order chi connectivity index (χ1) is 15.0. The van der Waals surface area contributed by atoms with Crippen molar-refractivity contribution in [3.8, 4) is 0 Å². The van der Waals surface area contributed by atoms with Gasteiger partial charge in [0.2, 0.25) is 0 Å². The SMILES string of the molecule is C[C@@H]1CCCN(C(=O)c2ccc(CN3CCN(Cc4ccccc4)C(=O)C3=O)cc2)C1. The van der Waals surface area contributed by atoms with Gasteiger partial charge in [-0.1, -0.05) is 49.4 Å². The molecule has 2 aromatic rings. The molecule has 2 saturated heterocycles. The summed E-state index contributed by atoms with van der Waals surface area (Å²) < 4.78 is 0. The van der Waals surface area contributed by atoms with E-state index in [1.165, 1.54) is 6.42 Å². The fourth-order valence-corrected chi connectivity index (χ4v) is 4.35. The number of piperidine rings is 1. The molecule has 6 nitrogen and oxygen atoms in total. The normalized spacial score (nSPS) is 19.6. The van der Waals surface area contributed by atoms with Crippen LogP contribution in [-0.4, -0.2) is 58.6 Å². The van der Waals surface area contributed by atoms with Gasteiger partial charge in [0.25, 0.3) is 5.91 Å². The molecule has 1 atom stereocenters. The second-order valence-corrected chi connectivity index (χ2v) is 8.63. The van der Waals surface area contributed by atoms with E-state index in [-0.39, 0.29) is 5.91 Å². The van der Waals surface area contributed by atoms with Gasteiger partial charge in [0.05, 0.1) is 0 Å². The van der Waals surface area contributed by atoms with Crippen LogP contribution in [0.5, 0.6) is 0 Å². The van der Waals surface area contributed by atoms with Crippen molar-refractivity contribution in [2.45, 2.75) is 32.9 Å². The summed E-state index contributed by atoms with van der Waals surface area (Å²) >= 11 is 0. The van der Waals surface area contributed by atoms with Crippen LogP contribution >= 0.6 is 0 Å². The van der Waals surface area contributed by atoms with Crippen molar-refractivity contribution < 1.29 is 14.4 Å². The summed E-state index contributed by atoms with van der Waals surface area (Å²) in [6, 6.07) is 17.1. The Balaban J connectivity index is 1.34. The van der Waals surface area contributed by atoms with Crippen molar-refractivity contribution in [2.24, 2.45) is 5.92 Å². The van der Waals surface area contributed by atoms with Gasteiger partial charge in [-0.15, -0.1) is 0 Å². The molecule has 31 heavy (non-hydrogen) atoms. The van der Waals surface area contributed by atoms with Gasteiger partial charge < -0.3 is 14.7 Å². The number of carbonyl (C=O) groups is 3. The minimum atomic E-state index is -0.468. The molecule has 0 bridgehead atoms. The van der Waals surface area contributed by atoms with Gasteiger partial charge in [-0.25, -0.2) is 0 Å². The number of benzene rings is 2. The Kier molecular flexibility index (Phi) is 6.35. The van der Waals surface area contributed by atoms with Gasteiger partial charge in [-0.05, 0) is 42.0 Å². The maximum Gasteiger partial charge on any atom is 0.312 e. The van der Waals surface area contributed by atoms with Crippen LogP contribution in [0.2, 0.25) is 0 Å². The number of carbonyl (C=O) groups excluding carboxylic acids is 3. The lowest BCUT2D eigenvalue weighted by atomic mass is 9.99. The number of likely N-dealkylation sites (tertiary alicyclic amines) is 1. The minimum absolute atomic E-state index is 0.0684. The third-order valence-electron chi connectivity index (χ3n) is 6.13. The van der Waals surface area contributed by atoms with Crippen LogP contribution in [-0.2, 0) is 22.7 Å². The molecule has 2 aliphatic heterocycles. The number of piperazine rings is 1. The zero-order valence-corrected chi connectivity index (χ0v) is 18.0. The summed E-state index contributed by atoms with van der Waals surface area (Å²) in [6.45, 7) is 5.65. The molecule has 6 heteroatoms. The third-order valence-corrected chi connectivity index (χ3v) is 6.13. The summed E-state index contributed by atoms with van der Waals surface area (Å²) in [4.78, 5) is 43.0. The van der Waals surface area contributed by atoms with E-state index in [2.05, 4.69) is 6.92 Å². The molecule has 2 fully saturated rings. The first kappa shape index (κ1) is 21.1. The fourth-order valence-electron chi connectivity index (χ4n) is 4.35. The number of amides is 3. The molecular formula is C25H29N3O3. The number of hydrogen-bond acceptors (Lipinski definition) is 3. The Labute approximate surface area is 183 Å². The molecule has 0 aliphatic carbocycles. The highest BCUT2D eigenvalue weighted by Gasteiger charge is 2.32. The average Bonchev–Trinajstić information content (AvgIpc) is 2.79. The van der Waals surface area contributed by atoms with Crippen molar-refractivity contribution >= 4 is 17.7 Å². The van der Waals surface area contributed by atoms with Crippen LogP contribution in [0, 0.1) is 5.92 Å². The standard InChI is InChI=1S/C25H29N3O3/c1-19-6-5-13-26(16-19)23(29)22-11-9-21(10-12-22)18-28-15-14-27(24(30)25(28)31)17-20-7-3-2-4-8-20/h2-4,7-12,19H,5-6,13-18H2,1H3/t19-/m1/s1. The summed E-state index contributed by atoms with van der Waals surface area (Å²) in [5.74, 6) is -0.314. The fraction of sp³-hybridized carbons (Fsp3) is 0.400. The molecule has 3 amide bonds. The Bertz CT molecular complexity index is 942. The number of nitrogens with zero attached hydrogens (tertiary/aromatic N) is 3. The van der Waals surface area contributed by atoms with E-state index in [0.717, 1.165) is 30.6 Å². The second-order valence-electron chi connectivity index (χ2n) is 8.63. The first-order valence-electron chi connectivity index (χ1n) is 11.0. The molecule has 0 N–H and O–H groups in total. The van der Waals surface area contributed by atoms with E-state index in [9.17, 15) is 14.4 Å². The second kappa shape index (κ2) is 9.33. The molecule has 0 radical (unpaired) electrons. The molecule has 2 aliphatic rings. The molecule has 4 rings (SSSR count). The largest absolute Gasteiger partial charge is 0.338 e. The highest BCUT2D eigenvalue weighted by atomic mass is 16.2. The lowest BCUT2D eigenvalue weighted by Crippen LogP contribution is -2.53. The van der Waals surface area contributed by atoms with Crippen molar-refractivity contribution in [2.75, 3.05) is 26.2 Å². The monoisotopic (exact) mass is 419 g/mol. The van der Waals surface area contributed by atoms with Gasteiger partial charge in [-0.3, -0.25) is 14.4 Å². The Hall–Kier alpha value is -3.15. The topological polar surface area (TPSA) is 60.9 Å². The summed E-state index contributed by atoms with van der Waals surface area (Å²) in [6.07, 6.45) is 2.23. The van der Waals surface area contributed by atoms with Crippen molar-refractivity contribution in [1.29, 1.82) is 0 Å². The van der Waals surface area contributed by atoms with Crippen LogP contribution < -0.4 is 0 Å². The number of rotatable bonds is 5. The molecular weight excluding hydrogens is 390 g/mol. The van der Waals surface area contributed by atoms with Crippen LogP contribution in [0.3, 0.4) is 0 Å². The predicted octanol–water partition coefficient (Wildman–Crippen LogP) is 2.93. The van der Waals surface area contributed by atoms with Crippen molar-refractivity contribution in [3.63, 3.8) is 0 Å². The van der Waals surface area contributed by atoms with E-state index < -0.39 is 11.8 Å². The Morgan fingerprint density at radius 2 is 1.42 bits per heavy atom.